The molecule has 0 saturated carbocycles. The fourth-order valence-electron chi connectivity index (χ4n) is 4.72. The van der Waals surface area contributed by atoms with Gasteiger partial charge in [-0.15, -0.1) is 0 Å². The molecule has 1 heterocycles. The van der Waals surface area contributed by atoms with E-state index in [1.54, 1.807) is 6.92 Å². The smallest absolute Gasteiger partial charge is 0.407 e. The van der Waals surface area contributed by atoms with E-state index >= 15 is 0 Å². The van der Waals surface area contributed by atoms with E-state index in [1.807, 2.05) is 36.4 Å². The lowest BCUT2D eigenvalue weighted by molar-refractivity contribution is -0.148. The summed E-state index contributed by atoms with van der Waals surface area (Å²) in [5.74, 6) is -1.82. The van der Waals surface area contributed by atoms with Crippen LogP contribution < -0.4 is 5.32 Å². The molecule has 7 nitrogen and oxygen atoms in total. The number of rotatable bonds is 5. The van der Waals surface area contributed by atoms with Crippen molar-refractivity contribution in [2.45, 2.75) is 31.7 Å². The van der Waals surface area contributed by atoms with Crippen LogP contribution in [0.4, 0.5) is 4.79 Å². The highest BCUT2D eigenvalue weighted by Gasteiger charge is 2.35. The number of likely N-dealkylation sites (tertiary alicyclic amines) is 1. The van der Waals surface area contributed by atoms with Gasteiger partial charge in [-0.1, -0.05) is 48.5 Å². The van der Waals surface area contributed by atoms with Gasteiger partial charge in [0.25, 0.3) is 0 Å². The van der Waals surface area contributed by atoms with E-state index in [9.17, 15) is 19.5 Å². The van der Waals surface area contributed by atoms with Gasteiger partial charge in [0.05, 0.1) is 5.92 Å². The number of amides is 2. The number of piperidine rings is 1. The van der Waals surface area contributed by atoms with E-state index in [0.717, 1.165) is 22.3 Å². The summed E-state index contributed by atoms with van der Waals surface area (Å²) >= 11 is 0. The fourth-order valence-corrected chi connectivity index (χ4v) is 4.72. The van der Waals surface area contributed by atoms with Crippen LogP contribution in [0, 0.1) is 5.92 Å². The number of carboxylic acids is 1. The largest absolute Gasteiger partial charge is 0.481 e. The van der Waals surface area contributed by atoms with Gasteiger partial charge in [0.2, 0.25) is 5.91 Å². The van der Waals surface area contributed by atoms with Gasteiger partial charge in [0, 0.05) is 18.5 Å². The van der Waals surface area contributed by atoms with E-state index in [1.165, 1.54) is 4.90 Å². The third-order valence-corrected chi connectivity index (χ3v) is 6.35. The molecule has 162 valence electrons. The van der Waals surface area contributed by atoms with Crippen molar-refractivity contribution in [2.24, 2.45) is 5.92 Å². The lowest BCUT2D eigenvalue weighted by atomic mass is 9.90. The number of nitrogens with one attached hydrogen (secondary N) is 1. The number of aliphatic carboxylic acids is 1. The first-order valence-electron chi connectivity index (χ1n) is 10.6. The van der Waals surface area contributed by atoms with Gasteiger partial charge in [-0.3, -0.25) is 9.59 Å². The van der Waals surface area contributed by atoms with E-state index in [-0.39, 0.29) is 25.0 Å². The molecule has 0 radical (unpaired) electrons. The number of ether oxygens (including phenoxy) is 1. The Bertz CT molecular complexity index is 959. The molecule has 31 heavy (non-hydrogen) atoms. The van der Waals surface area contributed by atoms with Crippen molar-refractivity contribution in [3.05, 3.63) is 59.7 Å². The number of hydrogen-bond donors (Lipinski definition) is 2. The second-order valence-electron chi connectivity index (χ2n) is 8.09. The Kier molecular flexibility index (Phi) is 5.93. The molecule has 2 amide bonds. The van der Waals surface area contributed by atoms with E-state index < -0.39 is 24.0 Å². The van der Waals surface area contributed by atoms with Crippen LogP contribution >= 0.6 is 0 Å². The fraction of sp³-hybridized carbons (Fsp3) is 0.375. The lowest BCUT2D eigenvalue weighted by Gasteiger charge is -2.37. The minimum absolute atomic E-state index is 0.0488. The molecule has 2 atom stereocenters. The van der Waals surface area contributed by atoms with Gasteiger partial charge in [0.1, 0.15) is 13.2 Å². The normalized spacial score (nSPS) is 20.0. The van der Waals surface area contributed by atoms with Crippen LogP contribution in [0.15, 0.2) is 48.5 Å². The van der Waals surface area contributed by atoms with Gasteiger partial charge in [-0.2, -0.15) is 0 Å². The van der Waals surface area contributed by atoms with Crippen LogP contribution in [0.5, 0.6) is 0 Å². The molecule has 0 bridgehead atoms. The van der Waals surface area contributed by atoms with Gasteiger partial charge in [-0.05, 0) is 42.0 Å². The van der Waals surface area contributed by atoms with Gasteiger partial charge in [-0.25, -0.2) is 4.79 Å². The minimum atomic E-state index is -0.894. The van der Waals surface area contributed by atoms with E-state index in [2.05, 4.69) is 17.4 Å². The average Bonchev–Trinajstić information content (AvgIpc) is 3.10. The second kappa shape index (κ2) is 8.79. The van der Waals surface area contributed by atoms with Crippen molar-refractivity contribution >= 4 is 18.0 Å². The van der Waals surface area contributed by atoms with Crippen molar-refractivity contribution in [1.82, 2.24) is 10.2 Å². The molecule has 2 aromatic carbocycles. The summed E-state index contributed by atoms with van der Waals surface area (Å²) in [7, 11) is 0. The van der Waals surface area contributed by atoms with Crippen LogP contribution in [0.1, 0.15) is 36.8 Å². The monoisotopic (exact) mass is 422 g/mol. The van der Waals surface area contributed by atoms with Crippen LogP contribution in [-0.2, 0) is 14.3 Å². The molecule has 1 saturated heterocycles. The molecule has 0 aromatic heterocycles. The first-order valence-corrected chi connectivity index (χ1v) is 10.6. The highest BCUT2D eigenvalue weighted by Crippen LogP contribution is 2.44. The number of benzene rings is 2. The Hall–Kier alpha value is -3.35. The molecule has 2 N–H and O–H groups in total. The summed E-state index contributed by atoms with van der Waals surface area (Å²) in [5.41, 5.74) is 4.53. The number of carboxylic acid groups (broad SMARTS) is 1. The van der Waals surface area contributed by atoms with Crippen molar-refractivity contribution < 1.29 is 24.2 Å². The Balaban J connectivity index is 1.33. The topological polar surface area (TPSA) is 95.9 Å². The maximum atomic E-state index is 12.5. The van der Waals surface area contributed by atoms with Crippen molar-refractivity contribution in [3.8, 4) is 11.1 Å². The maximum Gasteiger partial charge on any atom is 0.407 e. The van der Waals surface area contributed by atoms with Crippen LogP contribution in [-0.4, -0.2) is 53.7 Å². The highest BCUT2D eigenvalue weighted by atomic mass is 16.5. The number of hydrogen-bond acceptors (Lipinski definition) is 4. The molecule has 2 aromatic rings. The van der Waals surface area contributed by atoms with Gasteiger partial charge >= 0.3 is 12.1 Å². The molecule has 4 rings (SSSR count). The molecule has 2 aliphatic rings. The first kappa shape index (κ1) is 20.9. The van der Waals surface area contributed by atoms with E-state index in [4.69, 9.17) is 4.74 Å². The third kappa shape index (κ3) is 4.13. The van der Waals surface area contributed by atoms with Crippen molar-refractivity contribution in [3.63, 3.8) is 0 Å². The Morgan fingerprint density at radius 3 is 2.29 bits per heavy atom. The van der Waals surface area contributed by atoms with Crippen LogP contribution in [0.2, 0.25) is 0 Å². The average molecular weight is 422 g/mol. The van der Waals surface area contributed by atoms with Gasteiger partial charge in [0.15, 0.2) is 0 Å². The summed E-state index contributed by atoms with van der Waals surface area (Å²) in [6, 6.07) is 15.8. The lowest BCUT2D eigenvalue weighted by Crippen LogP contribution is -2.52. The number of carbonyl (C=O) groups is 3. The third-order valence-electron chi connectivity index (χ3n) is 6.35. The summed E-state index contributed by atoms with van der Waals surface area (Å²) in [4.78, 5) is 37.7. The zero-order valence-electron chi connectivity index (χ0n) is 17.4. The van der Waals surface area contributed by atoms with Crippen molar-refractivity contribution in [1.29, 1.82) is 0 Å². The highest BCUT2D eigenvalue weighted by molar-refractivity contribution is 5.84. The molecule has 7 heteroatoms. The predicted octanol–water partition coefficient (Wildman–Crippen LogP) is 3.24. The molecular weight excluding hydrogens is 396 g/mol. The van der Waals surface area contributed by atoms with E-state index in [0.29, 0.717) is 19.4 Å². The maximum absolute atomic E-state index is 12.5. The first-order chi connectivity index (χ1) is 15.0. The molecule has 1 fully saturated rings. The molecule has 1 aliphatic heterocycles. The standard InChI is InChI=1S/C24H26N2O5/c1-15-16(23(28)29)11-6-12-26(15)22(27)13-25-24(30)31-14-21-19-9-4-2-7-17(19)18-8-3-5-10-20(18)21/h2-5,7-10,15-16,21H,6,11-14H2,1H3,(H,25,30)(H,28,29)/t15-,16-/m0/s1. The summed E-state index contributed by atoms with van der Waals surface area (Å²) < 4.78 is 5.45. The predicted molar refractivity (Wildman–Crippen MR) is 115 cm³/mol. The molecular formula is C24H26N2O5. The molecule has 1 aliphatic carbocycles. The van der Waals surface area contributed by atoms with Crippen molar-refractivity contribution in [2.75, 3.05) is 19.7 Å². The quantitative estimate of drug-likeness (QED) is 0.771. The zero-order valence-corrected chi connectivity index (χ0v) is 17.4. The number of alkyl carbamates (subject to hydrolysis) is 1. The molecule has 0 spiro atoms. The van der Waals surface area contributed by atoms with Gasteiger partial charge < -0.3 is 20.1 Å². The Morgan fingerprint density at radius 1 is 1.06 bits per heavy atom. The summed E-state index contributed by atoms with van der Waals surface area (Å²) in [5, 5.41) is 11.8. The minimum Gasteiger partial charge on any atom is -0.481 e. The summed E-state index contributed by atoms with van der Waals surface area (Å²) in [6.45, 7) is 2.20. The molecule has 0 unspecified atom stereocenters. The summed E-state index contributed by atoms with van der Waals surface area (Å²) in [6.07, 6.45) is 0.535. The SMILES string of the molecule is C[C@H]1[C@@H](C(=O)O)CCCN1C(=O)CNC(=O)OCC1c2ccccc2-c2ccccc21. The Labute approximate surface area is 181 Å². The number of nitrogens with zero attached hydrogens (tertiary/aromatic N) is 1. The Morgan fingerprint density at radius 2 is 1.68 bits per heavy atom. The number of fused-ring (bicyclic) bond motifs is 3. The number of carbonyl (C=O) groups excluding carboxylic acids is 2. The zero-order chi connectivity index (χ0) is 22.0. The second-order valence-corrected chi connectivity index (χ2v) is 8.09. The van der Waals surface area contributed by atoms with Crippen LogP contribution in [0.25, 0.3) is 11.1 Å². The van der Waals surface area contributed by atoms with Crippen LogP contribution in [0.3, 0.4) is 0 Å².